The lowest BCUT2D eigenvalue weighted by Gasteiger charge is -2.28. The number of phosphoric ester groups is 1. The highest BCUT2D eigenvalue weighted by Crippen LogP contribution is 2.38. The highest BCUT2D eigenvalue weighted by molar-refractivity contribution is 7.45. The molecule has 0 rings (SSSR count). The van der Waals surface area contributed by atoms with E-state index in [0.29, 0.717) is 17.4 Å². The van der Waals surface area contributed by atoms with Crippen LogP contribution in [0.1, 0.15) is 373 Å². The third-order valence-corrected chi connectivity index (χ3v) is 18.4. The summed E-state index contributed by atoms with van der Waals surface area (Å²) in [7, 11) is 1.18. The predicted molar refractivity (Wildman–Crippen MR) is 397 cm³/mol. The van der Waals surface area contributed by atoms with Gasteiger partial charge in [0, 0.05) is 12.8 Å². The van der Waals surface area contributed by atoms with Crippen LogP contribution < -0.4 is 4.89 Å². The van der Waals surface area contributed by atoms with Crippen molar-refractivity contribution in [2.45, 2.75) is 380 Å². The number of ether oxygens (including phenoxy) is 2. The van der Waals surface area contributed by atoms with Crippen LogP contribution in [0.4, 0.5) is 0 Å². The summed E-state index contributed by atoms with van der Waals surface area (Å²) in [6, 6.07) is 0. The Bertz CT molecular complexity index is 1830. The maximum Gasteiger partial charge on any atom is 0.306 e. The number of nitrogens with zero attached hydrogens (tertiary/aromatic N) is 1. The zero-order valence-corrected chi connectivity index (χ0v) is 62.1. The Hall–Kier alpha value is -2.81. The van der Waals surface area contributed by atoms with Crippen LogP contribution in [0.15, 0.2) is 85.1 Å². The SMILES string of the molecule is CC/C=C\C/C=C\C/C=C\C/C=C\C/C=C\C/C=C\CCCCCCCCCCCCCCCCCCCCCCCCC(=O)OC(COC(=O)CCCCCCCCCCCCCCCCC/C=C\CCCCCCCCCC)COP(=O)([O-])OCC[N+](C)(C)C. The second kappa shape index (κ2) is 72.5. The number of hydrogen-bond acceptors (Lipinski definition) is 8. The van der Waals surface area contributed by atoms with Crippen molar-refractivity contribution >= 4 is 19.8 Å². The van der Waals surface area contributed by atoms with E-state index in [2.05, 4.69) is 98.9 Å². The monoisotopic (exact) mass is 1310 g/mol. The Morgan fingerprint density at radius 3 is 0.935 bits per heavy atom. The lowest BCUT2D eigenvalue weighted by Crippen LogP contribution is -2.37. The van der Waals surface area contributed by atoms with Gasteiger partial charge in [-0.2, -0.15) is 0 Å². The summed E-state index contributed by atoms with van der Waals surface area (Å²) in [6.45, 7) is 4.18. The quantitative estimate of drug-likeness (QED) is 0.0195. The van der Waals surface area contributed by atoms with Crippen LogP contribution in [0.3, 0.4) is 0 Å². The lowest BCUT2D eigenvalue weighted by molar-refractivity contribution is -0.870. The van der Waals surface area contributed by atoms with E-state index in [-0.39, 0.29) is 32.0 Å². The van der Waals surface area contributed by atoms with E-state index in [9.17, 15) is 19.0 Å². The van der Waals surface area contributed by atoms with Gasteiger partial charge >= 0.3 is 11.9 Å². The van der Waals surface area contributed by atoms with Crippen molar-refractivity contribution in [3.8, 4) is 0 Å². The fraction of sp³-hybridized carbons (Fsp3) is 0.805. The molecule has 0 radical (unpaired) electrons. The Morgan fingerprint density at radius 1 is 0.348 bits per heavy atom. The van der Waals surface area contributed by atoms with Gasteiger partial charge in [-0.15, -0.1) is 0 Å². The molecule has 0 heterocycles. The molecule has 10 heteroatoms. The summed E-state index contributed by atoms with van der Waals surface area (Å²) >= 11 is 0. The number of esters is 2. The number of allylic oxidation sites excluding steroid dienone is 14. The van der Waals surface area contributed by atoms with Gasteiger partial charge in [-0.3, -0.25) is 14.2 Å². The van der Waals surface area contributed by atoms with Crippen LogP contribution >= 0.6 is 7.82 Å². The maximum atomic E-state index is 12.9. The standard InChI is InChI=1S/C82H150NO8P/c1-6-8-10-12-14-16-18-20-22-24-26-28-30-32-34-35-36-37-38-39-40-41-42-43-44-45-46-47-49-51-53-55-57-59-61-63-65-67-69-71-73-75-82(85)91-80(79-90-92(86,87)89-77-76-83(3,4)5)78-88-81(84)74-72-70-68-66-64-62-60-58-56-54-52-50-48-33-31-29-27-25-23-21-19-17-15-13-11-9-7-2/h8,10,14,16,20,22,25-28,32,34,36-37,80H,6-7,9,11-13,15,17-19,21,23-24,29-31,33,35,38-79H2,1-5H3/b10-8-,16-14-,22-20-,27-25-,28-26-,34-32-,37-36-. The minimum Gasteiger partial charge on any atom is -0.756 e. The van der Waals surface area contributed by atoms with E-state index >= 15 is 0 Å². The van der Waals surface area contributed by atoms with Crippen molar-refractivity contribution in [2.24, 2.45) is 0 Å². The second-order valence-corrected chi connectivity index (χ2v) is 29.1. The number of phosphoric acid groups is 1. The van der Waals surface area contributed by atoms with Crippen LogP contribution in [0.25, 0.3) is 0 Å². The number of carbonyl (C=O) groups excluding carboxylic acids is 2. The van der Waals surface area contributed by atoms with Gasteiger partial charge in [0.05, 0.1) is 27.7 Å². The van der Waals surface area contributed by atoms with E-state index < -0.39 is 26.5 Å². The number of hydrogen-bond donors (Lipinski definition) is 0. The molecule has 0 saturated heterocycles. The first-order chi connectivity index (χ1) is 45.0. The molecule has 0 fully saturated rings. The Morgan fingerprint density at radius 2 is 0.620 bits per heavy atom. The number of likely N-dealkylation sites (N-methyl/N-ethyl adjacent to an activating group) is 1. The predicted octanol–water partition coefficient (Wildman–Crippen LogP) is 25.4. The number of carbonyl (C=O) groups is 2. The molecule has 92 heavy (non-hydrogen) atoms. The first kappa shape index (κ1) is 89.2. The van der Waals surface area contributed by atoms with Gasteiger partial charge in [-0.1, -0.05) is 356 Å². The molecule has 2 atom stereocenters. The summed E-state index contributed by atoms with van der Waals surface area (Å²) < 4.78 is 34.4. The molecular weight excluding hydrogens is 1160 g/mol. The van der Waals surface area contributed by atoms with Crippen molar-refractivity contribution in [3.05, 3.63) is 85.1 Å². The zero-order valence-electron chi connectivity index (χ0n) is 61.2. The fourth-order valence-corrected chi connectivity index (χ4v) is 12.2. The molecule has 0 bridgehead atoms. The smallest absolute Gasteiger partial charge is 0.306 e. The Labute approximate surface area is 571 Å². The Balaban J connectivity index is 3.92. The van der Waals surface area contributed by atoms with Crippen molar-refractivity contribution in [1.82, 2.24) is 0 Å². The average Bonchev–Trinajstić information content (AvgIpc) is 2.23. The first-order valence-corrected chi connectivity index (χ1v) is 40.8. The van der Waals surface area contributed by atoms with E-state index in [1.807, 2.05) is 21.1 Å². The third-order valence-electron chi connectivity index (χ3n) is 17.4. The van der Waals surface area contributed by atoms with E-state index in [0.717, 1.165) is 70.6 Å². The molecule has 0 saturated carbocycles. The van der Waals surface area contributed by atoms with Crippen LogP contribution in [-0.4, -0.2) is 70.0 Å². The number of rotatable bonds is 73. The largest absolute Gasteiger partial charge is 0.756 e. The van der Waals surface area contributed by atoms with E-state index in [4.69, 9.17) is 18.5 Å². The molecule has 0 aliphatic heterocycles. The van der Waals surface area contributed by atoms with Crippen molar-refractivity contribution in [1.29, 1.82) is 0 Å². The summed E-state index contributed by atoms with van der Waals surface area (Å²) in [5, 5.41) is 0. The van der Waals surface area contributed by atoms with Crippen LogP contribution in [-0.2, 0) is 32.7 Å². The maximum absolute atomic E-state index is 12.9. The molecule has 0 amide bonds. The molecule has 0 aromatic carbocycles. The number of unbranched alkanes of at least 4 members (excludes halogenated alkanes) is 45. The van der Waals surface area contributed by atoms with Gasteiger partial charge in [-0.05, 0) is 89.9 Å². The molecule has 0 aromatic rings. The van der Waals surface area contributed by atoms with Gasteiger partial charge in [0.2, 0.25) is 0 Å². The van der Waals surface area contributed by atoms with Crippen LogP contribution in [0.5, 0.6) is 0 Å². The number of quaternary nitrogens is 1. The molecule has 2 unspecified atom stereocenters. The fourth-order valence-electron chi connectivity index (χ4n) is 11.4. The highest BCUT2D eigenvalue weighted by atomic mass is 31.2. The molecule has 0 aliphatic rings. The first-order valence-electron chi connectivity index (χ1n) is 39.3. The minimum absolute atomic E-state index is 0.0297. The molecule has 0 spiro atoms. The van der Waals surface area contributed by atoms with E-state index in [1.54, 1.807) is 0 Å². The van der Waals surface area contributed by atoms with Crippen molar-refractivity contribution in [3.63, 3.8) is 0 Å². The molecule has 9 nitrogen and oxygen atoms in total. The van der Waals surface area contributed by atoms with Gasteiger partial charge in [0.1, 0.15) is 19.8 Å². The van der Waals surface area contributed by atoms with Gasteiger partial charge in [-0.25, -0.2) is 0 Å². The minimum atomic E-state index is -4.64. The van der Waals surface area contributed by atoms with Crippen LogP contribution in [0.2, 0.25) is 0 Å². The molecule has 0 N–H and O–H groups in total. The average molecular weight is 1310 g/mol. The van der Waals surface area contributed by atoms with Gasteiger partial charge < -0.3 is 27.9 Å². The van der Waals surface area contributed by atoms with E-state index in [1.165, 1.54) is 270 Å². The van der Waals surface area contributed by atoms with Crippen molar-refractivity contribution < 1.29 is 42.1 Å². The van der Waals surface area contributed by atoms with Gasteiger partial charge in [0.15, 0.2) is 6.10 Å². The highest BCUT2D eigenvalue weighted by Gasteiger charge is 2.22. The molecular formula is C82H150NO8P. The summed E-state index contributed by atoms with van der Waals surface area (Å²) in [5.74, 6) is -0.814. The zero-order chi connectivity index (χ0) is 66.9. The van der Waals surface area contributed by atoms with Crippen LogP contribution in [0, 0.1) is 0 Å². The topological polar surface area (TPSA) is 111 Å². The Kier molecular flexibility index (Phi) is 70.2. The third kappa shape index (κ3) is 76.2. The molecule has 0 aliphatic carbocycles. The summed E-state index contributed by atoms with van der Waals surface area (Å²) in [4.78, 5) is 38.2. The van der Waals surface area contributed by atoms with Gasteiger partial charge in [0.25, 0.3) is 7.82 Å². The lowest BCUT2D eigenvalue weighted by atomic mass is 10.0. The second-order valence-electron chi connectivity index (χ2n) is 27.7. The van der Waals surface area contributed by atoms with Crippen molar-refractivity contribution in [2.75, 3.05) is 47.5 Å². The molecule has 536 valence electrons. The summed E-state index contributed by atoms with van der Waals surface area (Å²) in [6.07, 6.45) is 99.9. The summed E-state index contributed by atoms with van der Waals surface area (Å²) in [5.41, 5.74) is 0. The normalized spacial score (nSPS) is 13.5. The molecule has 0 aromatic heterocycles.